The van der Waals surface area contributed by atoms with Gasteiger partial charge in [0.25, 0.3) is 5.91 Å². The minimum atomic E-state index is -0.145. The molecule has 2 aromatic heterocycles. The fraction of sp³-hybridized carbons (Fsp3) is 0.125. The molecule has 4 nitrogen and oxygen atoms in total. The first-order chi connectivity index (χ1) is 9.63. The number of anilines is 1. The van der Waals surface area contributed by atoms with E-state index >= 15 is 0 Å². The number of amides is 1. The van der Waals surface area contributed by atoms with Gasteiger partial charge in [0.05, 0.1) is 0 Å². The predicted molar refractivity (Wildman–Crippen MR) is 79.8 cm³/mol. The first-order valence-corrected chi connectivity index (χ1v) is 6.42. The van der Waals surface area contributed by atoms with Crippen LogP contribution in [0.4, 0.5) is 5.82 Å². The smallest absolute Gasteiger partial charge is 0.256 e. The number of carbonyl (C=O) groups is 1. The van der Waals surface area contributed by atoms with Crippen molar-refractivity contribution in [1.82, 2.24) is 9.55 Å². The molecule has 3 aromatic rings. The zero-order valence-electron chi connectivity index (χ0n) is 11.4. The fourth-order valence-corrected chi connectivity index (χ4v) is 2.22. The van der Waals surface area contributed by atoms with E-state index in [1.807, 2.05) is 61.1 Å². The zero-order valence-corrected chi connectivity index (χ0v) is 11.4. The Morgan fingerprint density at radius 2 is 2.05 bits per heavy atom. The van der Waals surface area contributed by atoms with Gasteiger partial charge >= 0.3 is 0 Å². The van der Waals surface area contributed by atoms with Gasteiger partial charge in [0.15, 0.2) is 0 Å². The summed E-state index contributed by atoms with van der Waals surface area (Å²) in [6, 6.07) is 11.4. The number of aromatic nitrogens is 2. The highest BCUT2D eigenvalue weighted by molar-refractivity contribution is 6.05. The van der Waals surface area contributed by atoms with Crippen molar-refractivity contribution in [3.8, 4) is 0 Å². The predicted octanol–water partition coefficient (Wildman–Crippen LogP) is 3.13. The molecular weight excluding hydrogens is 250 g/mol. The summed E-state index contributed by atoms with van der Waals surface area (Å²) >= 11 is 0. The Labute approximate surface area is 117 Å². The maximum atomic E-state index is 12.2. The monoisotopic (exact) mass is 265 g/mol. The van der Waals surface area contributed by atoms with Crippen molar-refractivity contribution >= 4 is 22.6 Å². The van der Waals surface area contributed by atoms with Crippen LogP contribution in [0.25, 0.3) is 10.9 Å². The molecule has 0 saturated heterocycles. The minimum absolute atomic E-state index is 0.145. The highest BCUT2D eigenvalue weighted by Gasteiger charge is 2.08. The Hall–Kier alpha value is -2.62. The van der Waals surface area contributed by atoms with Crippen molar-refractivity contribution in [2.45, 2.75) is 6.92 Å². The molecule has 1 amide bonds. The lowest BCUT2D eigenvalue weighted by atomic mass is 10.1. The molecule has 0 radical (unpaired) electrons. The third-order valence-corrected chi connectivity index (χ3v) is 3.30. The van der Waals surface area contributed by atoms with Crippen molar-refractivity contribution < 1.29 is 4.79 Å². The number of carbonyl (C=O) groups excluding carboxylic acids is 1. The third-order valence-electron chi connectivity index (χ3n) is 3.30. The summed E-state index contributed by atoms with van der Waals surface area (Å²) in [5.74, 6) is 0.428. The quantitative estimate of drug-likeness (QED) is 0.773. The normalized spacial score (nSPS) is 10.7. The van der Waals surface area contributed by atoms with Gasteiger partial charge in [-0.25, -0.2) is 4.98 Å². The van der Waals surface area contributed by atoms with E-state index in [1.165, 1.54) is 0 Å². The Balaban J connectivity index is 1.88. The molecule has 0 spiro atoms. The molecule has 1 aromatic carbocycles. The molecule has 3 rings (SSSR count). The fourth-order valence-electron chi connectivity index (χ4n) is 2.22. The standard InChI is InChI=1S/C16H15N3O/c1-11-5-7-17-15(9-11)18-16(20)13-3-4-14-12(10-13)6-8-19(14)2/h3-10H,1-2H3,(H,17,18,20). The Morgan fingerprint density at radius 1 is 1.20 bits per heavy atom. The van der Waals surface area contributed by atoms with Crippen LogP contribution >= 0.6 is 0 Å². The topological polar surface area (TPSA) is 46.9 Å². The molecule has 0 atom stereocenters. The summed E-state index contributed by atoms with van der Waals surface area (Å²) in [4.78, 5) is 16.4. The molecule has 0 aliphatic heterocycles. The first kappa shape index (κ1) is 12.4. The van der Waals surface area contributed by atoms with Crippen molar-refractivity contribution in [3.63, 3.8) is 0 Å². The molecule has 0 fully saturated rings. The van der Waals surface area contributed by atoms with Crippen LogP contribution in [0.1, 0.15) is 15.9 Å². The van der Waals surface area contributed by atoms with Crippen LogP contribution in [-0.4, -0.2) is 15.5 Å². The Bertz CT molecular complexity index is 789. The maximum absolute atomic E-state index is 12.2. The summed E-state index contributed by atoms with van der Waals surface area (Å²) in [5, 5.41) is 3.87. The number of rotatable bonds is 2. The summed E-state index contributed by atoms with van der Waals surface area (Å²) in [7, 11) is 1.98. The number of hydrogen-bond acceptors (Lipinski definition) is 2. The number of nitrogens with zero attached hydrogens (tertiary/aromatic N) is 2. The van der Waals surface area contributed by atoms with Crippen molar-refractivity contribution in [3.05, 3.63) is 59.9 Å². The van der Waals surface area contributed by atoms with E-state index < -0.39 is 0 Å². The highest BCUT2D eigenvalue weighted by Crippen LogP contribution is 2.17. The van der Waals surface area contributed by atoms with E-state index in [4.69, 9.17) is 0 Å². The van der Waals surface area contributed by atoms with E-state index in [0.717, 1.165) is 16.5 Å². The molecule has 0 aliphatic rings. The molecule has 2 heterocycles. The van der Waals surface area contributed by atoms with E-state index in [9.17, 15) is 4.79 Å². The SMILES string of the molecule is Cc1ccnc(NC(=O)c2ccc3c(ccn3C)c2)c1. The second-order valence-electron chi connectivity index (χ2n) is 4.87. The van der Waals surface area contributed by atoms with Crippen LogP contribution in [-0.2, 0) is 7.05 Å². The maximum Gasteiger partial charge on any atom is 0.256 e. The lowest BCUT2D eigenvalue weighted by molar-refractivity contribution is 0.102. The van der Waals surface area contributed by atoms with Gasteiger partial charge in [-0.2, -0.15) is 0 Å². The number of fused-ring (bicyclic) bond motifs is 1. The lowest BCUT2D eigenvalue weighted by Crippen LogP contribution is -2.12. The van der Waals surface area contributed by atoms with Crippen LogP contribution in [0.2, 0.25) is 0 Å². The van der Waals surface area contributed by atoms with Gasteiger partial charge < -0.3 is 9.88 Å². The summed E-state index contributed by atoms with van der Waals surface area (Å²) in [5.41, 5.74) is 2.80. The number of aryl methyl sites for hydroxylation is 2. The second kappa shape index (κ2) is 4.81. The molecule has 20 heavy (non-hydrogen) atoms. The lowest BCUT2D eigenvalue weighted by Gasteiger charge is -2.05. The number of pyridine rings is 1. The van der Waals surface area contributed by atoms with Crippen LogP contribution in [0, 0.1) is 6.92 Å². The molecule has 0 saturated carbocycles. The van der Waals surface area contributed by atoms with Gasteiger partial charge in [-0.3, -0.25) is 4.79 Å². The van der Waals surface area contributed by atoms with Gasteiger partial charge in [0.2, 0.25) is 0 Å². The molecule has 0 bridgehead atoms. The summed E-state index contributed by atoms with van der Waals surface area (Å²) in [6.07, 6.45) is 3.67. The van der Waals surface area contributed by atoms with Crippen LogP contribution in [0.15, 0.2) is 48.8 Å². The summed E-state index contributed by atoms with van der Waals surface area (Å²) < 4.78 is 2.03. The van der Waals surface area contributed by atoms with Gasteiger partial charge in [0.1, 0.15) is 5.82 Å². The molecule has 1 N–H and O–H groups in total. The van der Waals surface area contributed by atoms with Crippen LogP contribution < -0.4 is 5.32 Å². The van der Waals surface area contributed by atoms with Gasteiger partial charge in [-0.1, -0.05) is 0 Å². The van der Waals surface area contributed by atoms with Crippen LogP contribution in [0.3, 0.4) is 0 Å². The molecule has 0 unspecified atom stereocenters. The van der Waals surface area contributed by atoms with Gasteiger partial charge in [0, 0.05) is 35.9 Å². The Kier molecular flexibility index (Phi) is 2.99. The van der Waals surface area contributed by atoms with E-state index in [0.29, 0.717) is 11.4 Å². The number of benzene rings is 1. The van der Waals surface area contributed by atoms with E-state index in [2.05, 4.69) is 10.3 Å². The molecular formula is C16H15N3O. The van der Waals surface area contributed by atoms with Gasteiger partial charge in [-0.15, -0.1) is 0 Å². The average Bonchev–Trinajstić information content (AvgIpc) is 2.80. The van der Waals surface area contributed by atoms with Crippen molar-refractivity contribution in [1.29, 1.82) is 0 Å². The van der Waals surface area contributed by atoms with E-state index in [1.54, 1.807) is 6.20 Å². The van der Waals surface area contributed by atoms with Crippen molar-refractivity contribution in [2.24, 2.45) is 7.05 Å². The zero-order chi connectivity index (χ0) is 14.1. The molecule has 4 heteroatoms. The first-order valence-electron chi connectivity index (χ1n) is 6.42. The molecule has 0 aliphatic carbocycles. The third kappa shape index (κ3) is 2.28. The minimum Gasteiger partial charge on any atom is -0.351 e. The van der Waals surface area contributed by atoms with E-state index in [-0.39, 0.29) is 5.91 Å². The number of hydrogen-bond donors (Lipinski definition) is 1. The second-order valence-corrected chi connectivity index (χ2v) is 4.87. The summed E-state index contributed by atoms with van der Waals surface area (Å²) in [6.45, 7) is 1.97. The Morgan fingerprint density at radius 3 is 2.85 bits per heavy atom. The largest absolute Gasteiger partial charge is 0.351 e. The highest BCUT2D eigenvalue weighted by atomic mass is 16.1. The molecule has 100 valence electrons. The number of nitrogens with one attached hydrogen (secondary N) is 1. The van der Waals surface area contributed by atoms with Crippen molar-refractivity contribution in [2.75, 3.05) is 5.32 Å². The van der Waals surface area contributed by atoms with Crippen LogP contribution in [0.5, 0.6) is 0 Å². The van der Waals surface area contributed by atoms with Gasteiger partial charge in [-0.05, 0) is 48.9 Å². The average molecular weight is 265 g/mol.